The highest BCUT2D eigenvalue weighted by atomic mass is 35.5. The molecule has 0 aliphatic heterocycles. The number of nitrogens with zero attached hydrogens (tertiary/aromatic N) is 1. The molecule has 0 amide bonds. The van der Waals surface area contributed by atoms with E-state index in [4.69, 9.17) is 11.6 Å². The first kappa shape index (κ1) is 18.4. The van der Waals surface area contributed by atoms with Crippen LogP contribution in [0.5, 0.6) is 0 Å². The quantitative estimate of drug-likeness (QED) is 0.241. The second kappa shape index (κ2) is 8.77. The predicted molar refractivity (Wildman–Crippen MR) is 100 cm³/mol. The highest BCUT2D eigenvalue weighted by Crippen LogP contribution is 2.25. The molecule has 0 aromatic heterocycles. The van der Waals surface area contributed by atoms with Crippen molar-refractivity contribution in [2.75, 3.05) is 12.4 Å². The van der Waals surface area contributed by atoms with Crippen LogP contribution in [0, 0.1) is 12.0 Å². The second-order valence-electron chi connectivity index (χ2n) is 5.24. The third-order valence-electron chi connectivity index (χ3n) is 3.50. The van der Waals surface area contributed by atoms with Crippen LogP contribution in [0.1, 0.15) is 19.3 Å². The number of rotatable bonds is 7. The van der Waals surface area contributed by atoms with Crippen LogP contribution in [0.25, 0.3) is 10.8 Å². The van der Waals surface area contributed by atoms with Crippen molar-refractivity contribution in [2.45, 2.75) is 24.2 Å². The summed E-state index contributed by atoms with van der Waals surface area (Å²) in [5, 5.41) is 1.57. The normalized spacial score (nSPS) is 10.9. The van der Waals surface area contributed by atoms with Gasteiger partial charge in [-0.25, -0.2) is 12.7 Å². The van der Waals surface area contributed by atoms with Crippen molar-refractivity contribution in [3.63, 3.8) is 0 Å². The van der Waals surface area contributed by atoms with Crippen molar-refractivity contribution in [2.24, 2.45) is 0 Å². The third kappa shape index (κ3) is 4.31. The van der Waals surface area contributed by atoms with Gasteiger partial charge in [-0.3, -0.25) is 0 Å². The highest BCUT2D eigenvalue weighted by Gasteiger charge is 2.23. The Morgan fingerprint density at radius 2 is 1.88 bits per heavy atom. The molecule has 0 unspecified atom stereocenters. The Kier molecular flexibility index (Phi) is 6.72. The summed E-state index contributed by atoms with van der Waals surface area (Å²) in [6, 6.07) is 15.4. The number of benzene rings is 2. The molecule has 2 rings (SSSR count). The molecular weight excluding hydrogens is 342 g/mol. The number of halogens is 1. The van der Waals surface area contributed by atoms with Gasteiger partial charge in [0.2, 0.25) is 0 Å². The van der Waals surface area contributed by atoms with Crippen molar-refractivity contribution in [1.29, 1.82) is 0 Å². The molecule has 0 atom stereocenters. The molecule has 0 N–H and O–H groups in total. The molecule has 126 valence electrons. The van der Waals surface area contributed by atoms with Crippen molar-refractivity contribution < 1.29 is 8.42 Å². The van der Waals surface area contributed by atoms with E-state index in [-0.39, 0.29) is 11.4 Å². The lowest BCUT2D eigenvalue weighted by Crippen LogP contribution is -2.27. The Morgan fingerprint density at radius 1 is 1.12 bits per heavy atom. The third-order valence-corrected chi connectivity index (χ3v) is 5.50. The molecule has 0 radical (unpaired) electrons. The summed E-state index contributed by atoms with van der Waals surface area (Å²) in [7, 11) is -3.72. The standard InChI is InChI=1S/C19H20ClNO2S/c1-2-15-21(16-8-4-3-7-14-20)24(22,23)19-13-9-11-17-10-5-6-12-18(17)19/h2,5-6,9-13H,1,3-4,7,14-15H2. The second-order valence-corrected chi connectivity index (χ2v) is 7.45. The molecule has 0 aliphatic rings. The fourth-order valence-electron chi connectivity index (χ4n) is 2.31. The maximum atomic E-state index is 13.0. The molecule has 3 nitrogen and oxygen atoms in total. The molecular formula is C19H20ClNO2S. The lowest BCUT2D eigenvalue weighted by molar-refractivity contribution is 0.533. The molecule has 0 bridgehead atoms. The Labute approximate surface area is 149 Å². The summed E-state index contributed by atoms with van der Waals surface area (Å²) in [6.07, 6.45) is 3.88. The summed E-state index contributed by atoms with van der Waals surface area (Å²) in [5.74, 6) is 3.51. The molecule has 0 fully saturated rings. The number of hydrogen-bond donors (Lipinski definition) is 0. The summed E-state index contributed by atoms with van der Waals surface area (Å²) in [6.45, 7) is 3.78. The molecule has 5 heteroatoms. The highest BCUT2D eigenvalue weighted by molar-refractivity contribution is 7.89. The molecule has 2 aromatic rings. The van der Waals surface area contributed by atoms with Gasteiger partial charge < -0.3 is 0 Å². The van der Waals surface area contributed by atoms with E-state index >= 15 is 0 Å². The van der Waals surface area contributed by atoms with Gasteiger partial charge in [0.15, 0.2) is 0 Å². The molecule has 0 heterocycles. The van der Waals surface area contributed by atoms with Gasteiger partial charge in [0.25, 0.3) is 10.0 Å². The van der Waals surface area contributed by atoms with E-state index in [9.17, 15) is 8.42 Å². The van der Waals surface area contributed by atoms with Crippen LogP contribution < -0.4 is 0 Å². The van der Waals surface area contributed by atoms with Gasteiger partial charge in [-0.1, -0.05) is 48.4 Å². The zero-order valence-corrected chi connectivity index (χ0v) is 15.0. The first-order valence-electron chi connectivity index (χ1n) is 7.77. The molecule has 0 saturated carbocycles. The minimum atomic E-state index is -3.72. The van der Waals surface area contributed by atoms with Crippen LogP contribution in [-0.4, -0.2) is 25.1 Å². The minimum absolute atomic E-state index is 0.147. The van der Waals surface area contributed by atoms with Gasteiger partial charge in [0, 0.05) is 23.7 Å². The van der Waals surface area contributed by atoms with Gasteiger partial charge in [-0.15, -0.1) is 18.2 Å². The largest absolute Gasteiger partial charge is 0.271 e. The van der Waals surface area contributed by atoms with Crippen LogP contribution in [0.2, 0.25) is 0 Å². The van der Waals surface area contributed by atoms with Gasteiger partial charge in [-0.05, 0) is 24.3 Å². The van der Waals surface area contributed by atoms with Crippen LogP contribution in [0.3, 0.4) is 0 Å². The van der Waals surface area contributed by atoms with Crippen molar-refractivity contribution in [1.82, 2.24) is 4.31 Å². The first-order chi connectivity index (χ1) is 11.6. The zero-order chi connectivity index (χ0) is 17.4. The Hall–Kier alpha value is -1.96. The van der Waals surface area contributed by atoms with Crippen LogP contribution in [0.4, 0.5) is 0 Å². The van der Waals surface area contributed by atoms with Gasteiger partial charge in [0.05, 0.1) is 11.4 Å². The summed E-state index contributed by atoms with van der Waals surface area (Å²) < 4.78 is 27.2. The SMILES string of the molecule is C=CCN(C#CCCCCCl)S(=O)(=O)c1cccc2ccccc12. The van der Waals surface area contributed by atoms with E-state index in [1.54, 1.807) is 12.1 Å². The molecule has 24 heavy (non-hydrogen) atoms. The van der Waals surface area contributed by atoms with Crippen molar-refractivity contribution in [3.8, 4) is 12.0 Å². The number of unbranched alkanes of at least 4 members (excludes halogenated alkanes) is 2. The van der Waals surface area contributed by atoms with Gasteiger partial charge in [0.1, 0.15) is 0 Å². The van der Waals surface area contributed by atoms with E-state index in [0.29, 0.717) is 17.7 Å². The average Bonchev–Trinajstić information content (AvgIpc) is 2.60. The van der Waals surface area contributed by atoms with E-state index in [0.717, 1.165) is 22.5 Å². The minimum Gasteiger partial charge on any atom is -0.221 e. The zero-order valence-electron chi connectivity index (χ0n) is 13.4. The molecule has 2 aromatic carbocycles. The number of sulfonamides is 1. The first-order valence-corrected chi connectivity index (χ1v) is 9.74. The predicted octanol–water partition coefficient (Wildman–Crippen LogP) is 4.39. The summed E-state index contributed by atoms with van der Waals surface area (Å²) in [4.78, 5) is 0.262. The topological polar surface area (TPSA) is 37.4 Å². The van der Waals surface area contributed by atoms with E-state index < -0.39 is 10.0 Å². The number of hydrogen-bond acceptors (Lipinski definition) is 2. The number of alkyl halides is 1. The monoisotopic (exact) mass is 361 g/mol. The van der Waals surface area contributed by atoms with Gasteiger partial charge in [-0.2, -0.15) is 0 Å². The van der Waals surface area contributed by atoms with Crippen molar-refractivity contribution >= 4 is 32.4 Å². The maximum Gasteiger partial charge on any atom is 0.271 e. The smallest absolute Gasteiger partial charge is 0.221 e. The lowest BCUT2D eigenvalue weighted by atomic mass is 10.1. The molecule has 0 aliphatic carbocycles. The summed E-state index contributed by atoms with van der Waals surface area (Å²) in [5.41, 5.74) is 0. The fourth-order valence-corrected chi connectivity index (χ4v) is 3.94. The van der Waals surface area contributed by atoms with Crippen LogP contribution in [0.15, 0.2) is 60.0 Å². The van der Waals surface area contributed by atoms with E-state index in [1.807, 2.05) is 30.3 Å². The molecule has 0 spiro atoms. The number of fused-ring (bicyclic) bond motifs is 1. The average molecular weight is 362 g/mol. The Bertz CT molecular complexity index is 860. The Balaban J connectivity index is 2.38. The van der Waals surface area contributed by atoms with Crippen LogP contribution in [-0.2, 0) is 10.0 Å². The fraction of sp³-hybridized carbons (Fsp3) is 0.263. The van der Waals surface area contributed by atoms with Crippen LogP contribution >= 0.6 is 11.6 Å². The van der Waals surface area contributed by atoms with Crippen molar-refractivity contribution in [3.05, 3.63) is 55.1 Å². The van der Waals surface area contributed by atoms with E-state index in [2.05, 4.69) is 18.5 Å². The lowest BCUT2D eigenvalue weighted by Gasteiger charge is -2.17. The van der Waals surface area contributed by atoms with E-state index in [1.165, 1.54) is 6.08 Å². The maximum absolute atomic E-state index is 13.0. The molecule has 0 saturated heterocycles. The summed E-state index contributed by atoms with van der Waals surface area (Å²) >= 11 is 5.63. The Morgan fingerprint density at radius 3 is 2.62 bits per heavy atom. The van der Waals surface area contributed by atoms with Gasteiger partial charge >= 0.3 is 0 Å².